The third-order valence-corrected chi connectivity index (χ3v) is 6.76. The molecule has 0 saturated heterocycles. The maximum Gasteiger partial charge on any atom is 0.258 e. The van der Waals surface area contributed by atoms with Crippen LogP contribution < -0.4 is 5.56 Å². The van der Waals surface area contributed by atoms with E-state index in [-0.39, 0.29) is 11.3 Å². The summed E-state index contributed by atoms with van der Waals surface area (Å²) in [6.07, 6.45) is 4.57. The molecule has 0 aliphatic carbocycles. The molecule has 0 saturated carbocycles. The van der Waals surface area contributed by atoms with Crippen molar-refractivity contribution in [1.29, 1.82) is 0 Å². The second-order valence-electron chi connectivity index (χ2n) is 9.05. The molecule has 172 valence electrons. The van der Waals surface area contributed by atoms with Crippen molar-refractivity contribution < 1.29 is 4.79 Å². The Balaban J connectivity index is 1.42. The zero-order chi connectivity index (χ0) is 23.8. The molecule has 3 heterocycles. The average molecular weight is 453 g/mol. The van der Waals surface area contributed by atoms with Gasteiger partial charge in [-0.25, -0.2) is 4.68 Å². The zero-order valence-corrected chi connectivity index (χ0v) is 19.8. The lowest BCUT2D eigenvalue weighted by Gasteiger charge is -2.31. The fourth-order valence-electron chi connectivity index (χ4n) is 4.80. The first-order chi connectivity index (χ1) is 16.4. The highest BCUT2D eigenvalue weighted by Gasteiger charge is 2.22. The van der Waals surface area contributed by atoms with Gasteiger partial charge in [0.25, 0.3) is 5.56 Å². The van der Waals surface area contributed by atoms with Crippen molar-refractivity contribution in [1.82, 2.24) is 19.2 Å². The second kappa shape index (κ2) is 8.88. The van der Waals surface area contributed by atoms with Gasteiger partial charge in [0, 0.05) is 62.3 Å². The molecule has 1 aliphatic rings. The minimum Gasteiger partial charge on any atom is -0.315 e. The van der Waals surface area contributed by atoms with Crippen molar-refractivity contribution in [2.24, 2.45) is 7.05 Å². The van der Waals surface area contributed by atoms with Crippen LogP contribution in [-0.4, -0.2) is 31.6 Å². The number of fused-ring (bicyclic) bond motifs is 1. The van der Waals surface area contributed by atoms with Crippen molar-refractivity contribution in [2.75, 3.05) is 6.54 Å². The van der Waals surface area contributed by atoms with Gasteiger partial charge in [-0.15, -0.1) is 0 Å². The summed E-state index contributed by atoms with van der Waals surface area (Å²) < 4.78 is 3.66. The highest BCUT2D eigenvalue weighted by Crippen LogP contribution is 2.26. The van der Waals surface area contributed by atoms with Gasteiger partial charge < -0.3 is 4.57 Å². The molecule has 1 aliphatic heterocycles. The van der Waals surface area contributed by atoms with E-state index >= 15 is 0 Å². The Morgan fingerprint density at radius 2 is 1.94 bits per heavy atom. The summed E-state index contributed by atoms with van der Waals surface area (Å²) in [6.45, 7) is 6.22. The molecule has 0 atom stereocenters. The molecule has 2 aromatic carbocycles. The van der Waals surface area contributed by atoms with E-state index in [1.54, 1.807) is 23.8 Å². The maximum atomic E-state index is 13.1. The Morgan fingerprint density at radius 3 is 2.68 bits per heavy atom. The predicted octanol–water partition coefficient (Wildman–Crippen LogP) is 4.31. The summed E-state index contributed by atoms with van der Waals surface area (Å²) in [5.41, 5.74) is 7.89. The number of Topliss-reactive ketones (excluding diaryl/α,β-unsaturated/α-hetero) is 1. The number of benzene rings is 2. The highest BCUT2D eigenvalue weighted by atomic mass is 16.1. The fourth-order valence-corrected chi connectivity index (χ4v) is 4.80. The van der Waals surface area contributed by atoms with Crippen molar-refractivity contribution in [2.45, 2.75) is 33.4 Å². The lowest BCUT2D eigenvalue weighted by Crippen LogP contribution is -2.35. The third kappa shape index (κ3) is 4.13. The number of pyridine rings is 1. The van der Waals surface area contributed by atoms with E-state index in [1.165, 1.54) is 16.7 Å². The quantitative estimate of drug-likeness (QED) is 0.424. The van der Waals surface area contributed by atoms with Crippen molar-refractivity contribution in [3.8, 4) is 16.8 Å². The van der Waals surface area contributed by atoms with Crippen molar-refractivity contribution in [3.05, 3.63) is 105 Å². The summed E-state index contributed by atoms with van der Waals surface area (Å²) in [5.74, 6) is -0.00301. The van der Waals surface area contributed by atoms with E-state index in [2.05, 4.69) is 35.1 Å². The molecule has 0 bridgehead atoms. The summed E-state index contributed by atoms with van der Waals surface area (Å²) in [6, 6.07) is 17.8. The summed E-state index contributed by atoms with van der Waals surface area (Å²) in [5, 5.41) is 4.32. The van der Waals surface area contributed by atoms with Gasteiger partial charge in [-0.05, 0) is 66.4 Å². The lowest BCUT2D eigenvalue weighted by molar-refractivity contribution is 0.101. The number of rotatable bonds is 5. The molecular formula is C28H28N4O2. The second-order valence-corrected chi connectivity index (χ2v) is 9.05. The van der Waals surface area contributed by atoms with Gasteiger partial charge in [0.1, 0.15) is 0 Å². The van der Waals surface area contributed by atoms with E-state index in [0.29, 0.717) is 11.1 Å². The average Bonchev–Trinajstić information content (AvgIpc) is 3.38. The van der Waals surface area contributed by atoms with Crippen molar-refractivity contribution in [3.63, 3.8) is 0 Å². The minimum absolute atomic E-state index is 0.00301. The highest BCUT2D eigenvalue weighted by molar-refractivity contribution is 5.95. The van der Waals surface area contributed by atoms with E-state index < -0.39 is 0 Å². The van der Waals surface area contributed by atoms with Crippen LogP contribution in [0.3, 0.4) is 0 Å². The Hall–Kier alpha value is -3.77. The minimum atomic E-state index is -0.0158. The van der Waals surface area contributed by atoms with E-state index in [0.717, 1.165) is 43.0 Å². The van der Waals surface area contributed by atoms with Gasteiger partial charge in [0.05, 0.1) is 5.69 Å². The van der Waals surface area contributed by atoms with Gasteiger partial charge in [-0.3, -0.25) is 14.5 Å². The van der Waals surface area contributed by atoms with Crippen LogP contribution in [0, 0.1) is 6.92 Å². The Bertz CT molecular complexity index is 1430. The van der Waals surface area contributed by atoms with Crippen LogP contribution in [0.4, 0.5) is 0 Å². The summed E-state index contributed by atoms with van der Waals surface area (Å²) in [4.78, 5) is 27.4. The van der Waals surface area contributed by atoms with Crippen molar-refractivity contribution >= 4 is 5.78 Å². The molecule has 2 aromatic heterocycles. The largest absolute Gasteiger partial charge is 0.315 e. The zero-order valence-electron chi connectivity index (χ0n) is 19.8. The fraction of sp³-hybridized carbons (Fsp3) is 0.250. The van der Waals surface area contributed by atoms with E-state index in [1.807, 2.05) is 48.3 Å². The summed E-state index contributed by atoms with van der Waals surface area (Å²) >= 11 is 0. The number of hydrogen-bond donors (Lipinski definition) is 0. The molecule has 0 amide bonds. The Kier molecular flexibility index (Phi) is 5.75. The normalized spacial score (nSPS) is 13.6. The monoisotopic (exact) mass is 452 g/mol. The van der Waals surface area contributed by atoms with Gasteiger partial charge >= 0.3 is 0 Å². The molecule has 0 N–H and O–H groups in total. The van der Waals surface area contributed by atoms with E-state index in [4.69, 9.17) is 0 Å². The topological polar surface area (TPSA) is 60.1 Å². The van der Waals surface area contributed by atoms with Gasteiger partial charge in [-0.2, -0.15) is 5.10 Å². The number of nitrogens with zero attached hydrogens (tertiary/aromatic N) is 4. The number of ketones is 1. The van der Waals surface area contributed by atoms with Crippen LogP contribution in [0.2, 0.25) is 0 Å². The predicted molar refractivity (Wildman–Crippen MR) is 133 cm³/mol. The number of carbonyl (C=O) groups is 1. The number of aryl methyl sites for hydroxylation is 1. The Labute approximate surface area is 199 Å². The first-order valence-electron chi connectivity index (χ1n) is 11.6. The lowest BCUT2D eigenvalue weighted by atomic mass is 9.97. The third-order valence-electron chi connectivity index (χ3n) is 6.76. The molecule has 0 spiro atoms. The van der Waals surface area contributed by atoms with Crippen LogP contribution in [0.25, 0.3) is 16.8 Å². The van der Waals surface area contributed by atoms with Gasteiger partial charge in [-0.1, -0.05) is 24.3 Å². The molecular weight excluding hydrogens is 424 g/mol. The van der Waals surface area contributed by atoms with E-state index in [9.17, 15) is 9.59 Å². The molecule has 0 radical (unpaired) electrons. The molecule has 5 rings (SSSR count). The maximum absolute atomic E-state index is 13.1. The van der Waals surface area contributed by atoms with Crippen LogP contribution in [-0.2, 0) is 26.6 Å². The SMILES string of the molecule is CC(=O)c1cccc(-c2cc3c(n(C)c2=O)CCN(Cc2ccc(-n4cccn4)cc2C)C3)c1. The summed E-state index contributed by atoms with van der Waals surface area (Å²) in [7, 11) is 1.85. The van der Waals surface area contributed by atoms with Crippen LogP contribution in [0.15, 0.2) is 71.8 Å². The molecule has 34 heavy (non-hydrogen) atoms. The number of hydrogen-bond acceptors (Lipinski definition) is 4. The van der Waals surface area contributed by atoms with Crippen LogP contribution in [0.5, 0.6) is 0 Å². The first-order valence-corrected chi connectivity index (χ1v) is 11.6. The standard InChI is InChI=1S/C28H28N4O2/c1-19-14-25(32-12-5-11-29-32)9-8-23(19)17-31-13-10-27-24(18-31)16-26(28(34)30(27)3)22-7-4-6-21(15-22)20(2)33/h4-9,11-12,14-16H,10,13,17-18H2,1-3H3. The number of aromatic nitrogens is 3. The van der Waals surface area contributed by atoms with Crippen LogP contribution in [0.1, 0.15) is 39.7 Å². The molecule has 6 heteroatoms. The molecule has 0 unspecified atom stereocenters. The smallest absolute Gasteiger partial charge is 0.258 e. The molecule has 6 nitrogen and oxygen atoms in total. The van der Waals surface area contributed by atoms with Gasteiger partial charge in [0.15, 0.2) is 5.78 Å². The molecule has 0 fully saturated rings. The Morgan fingerprint density at radius 1 is 1.09 bits per heavy atom. The molecule has 4 aromatic rings. The van der Waals surface area contributed by atoms with Crippen LogP contribution >= 0.6 is 0 Å². The number of carbonyl (C=O) groups excluding carboxylic acids is 1. The first kappa shape index (κ1) is 22.0. The van der Waals surface area contributed by atoms with Gasteiger partial charge in [0.2, 0.25) is 0 Å².